The van der Waals surface area contributed by atoms with E-state index < -0.39 is 5.91 Å². The second kappa shape index (κ2) is 9.30. The van der Waals surface area contributed by atoms with Gasteiger partial charge in [-0.3, -0.25) is 14.3 Å². The number of hydrogen-bond donors (Lipinski definition) is 1. The molecule has 1 aliphatic heterocycles. The summed E-state index contributed by atoms with van der Waals surface area (Å²) in [6, 6.07) is 17.3. The minimum absolute atomic E-state index is 0.0822. The number of para-hydroxylation sites is 1. The molecule has 0 bridgehead atoms. The molecule has 2 amide bonds. The summed E-state index contributed by atoms with van der Waals surface area (Å²) >= 11 is 0. The first-order chi connectivity index (χ1) is 17.0. The highest BCUT2D eigenvalue weighted by molar-refractivity contribution is 5.98. The number of aromatic nitrogens is 2. The van der Waals surface area contributed by atoms with Gasteiger partial charge in [-0.25, -0.2) is 0 Å². The van der Waals surface area contributed by atoms with Crippen LogP contribution in [0.5, 0.6) is 11.5 Å². The molecule has 2 N–H and O–H groups in total. The summed E-state index contributed by atoms with van der Waals surface area (Å²) < 4.78 is 7.77. The van der Waals surface area contributed by atoms with Gasteiger partial charge in [-0.1, -0.05) is 24.1 Å². The van der Waals surface area contributed by atoms with E-state index in [-0.39, 0.29) is 17.4 Å². The summed E-state index contributed by atoms with van der Waals surface area (Å²) in [5, 5.41) is 4.78. The number of benzene rings is 2. The number of carbonyl (C=O) groups is 2. The van der Waals surface area contributed by atoms with Crippen molar-refractivity contribution >= 4 is 11.8 Å². The lowest BCUT2D eigenvalue weighted by Gasteiger charge is -2.51. The second-order valence-electron chi connectivity index (χ2n) is 9.40. The Morgan fingerprint density at radius 1 is 1.03 bits per heavy atom. The van der Waals surface area contributed by atoms with Crippen molar-refractivity contribution in [1.82, 2.24) is 14.7 Å². The fourth-order valence-corrected chi connectivity index (χ4v) is 5.18. The molecular formula is C28H28N4O3. The standard InChI is InChI=1S/C28H28N4O3/c1-2-6-25(33)31-15-13-28(14-16-31)17-21(18-28)32-19-24(27(29)34)26(30-32)20-9-11-23(12-10-20)35-22-7-4-3-5-8-22/h3-5,7-12,19,21H,13-18H2,1H3,(H2,29,34). The molecule has 2 heterocycles. The van der Waals surface area contributed by atoms with Crippen LogP contribution in [-0.4, -0.2) is 39.6 Å². The molecule has 1 spiro atoms. The summed E-state index contributed by atoms with van der Waals surface area (Å²) in [6.45, 7) is 3.18. The summed E-state index contributed by atoms with van der Waals surface area (Å²) in [5.74, 6) is 6.21. The van der Waals surface area contributed by atoms with E-state index in [1.807, 2.05) is 64.2 Å². The molecule has 1 aliphatic carbocycles. The zero-order valence-corrected chi connectivity index (χ0v) is 19.7. The van der Waals surface area contributed by atoms with E-state index in [2.05, 4.69) is 11.8 Å². The summed E-state index contributed by atoms with van der Waals surface area (Å²) in [4.78, 5) is 26.1. The molecule has 2 fully saturated rings. The van der Waals surface area contributed by atoms with Crippen molar-refractivity contribution in [3.05, 3.63) is 66.4 Å². The summed E-state index contributed by atoms with van der Waals surface area (Å²) in [6.07, 6.45) is 5.69. The van der Waals surface area contributed by atoms with Crippen LogP contribution in [-0.2, 0) is 4.79 Å². The Morgan fingerprint density at radius 2 is 1.69 bits per heavy atom. The fourth-order valence-electron chi connectivity index (χ4n) is 5.18. The quantitative estimate of drug-likeness (QED) is 0.562. The molecule has 0 unspecified atom stereocenters. The van der Waals surface area contributed by atoms with Crippen LogP contribution in [0.25, 0.3) is 11.3 Å². The van der Waals surface area contributed by atoms with Crippen LogP contribution in [0.3, 0.4) is 0 Å². The van der Waals surface area contributed by atoms with Gasteiger partial charge in [0.05, 0.1) is 11.6 Å². The summed E-state index contributed by atoms with van der Waals surface area (Å²) in [5.41, 5.74) is 7.75. The number of amides is 2. The number of hydrogen-bond acceptors (Lipinski definition) is 4. The topological polar surface area (TPSA) is 90.5 Å². The van der Waals surface area contributed by atoms with Crippen LogP contribution in [0, 0.1) is 17.3 Å². The van der Waals surface area contributed by atoms with Crippen LogP contribution in [0.15, 0.2) is 60.8 Å². The molecular weight excluding hydrogens is 440 g/mol. The zero-order valence-electron chi connectivity index (χ0n) is 19.7. The van der Waals surface area contributed by atoms with E-state index in [0.717, 1.165) is 50.1 Å². The largest absolute Gasteiger partial charge is 0.457 e. The van der Waals surface area contributed by atoms with Gasteiger partial charge in [0.25, 0.3) is 11.8 Å². The van der Waals surface area contributed by atoms with Gasteiger partial charge in [-0.2, -0.15) is 5.10 Å². The minimum atomic E-state index is -0.492. The third-order valence-electron chi connectivity index (χ3n) is 7.16. The van der Waals surface area contributed by atoms with Crippen molar-refractivity contribution in [1.29, 1.82) is 0 Å². The lowest BCUT2D eigenvalue weighted by atomic mass is 9.60. The summed E-state index contributed by atoms with van der Waals surface area (Å²) in [7, 11) is 0. The Morgan fingerprint density at radius 3 is 2.31 bits per heavy atom. The van der Waals surface area contributed by atoms with Crippen molar-refractivity contribution in [2.24, 2.45) is 11.1 Å². The third kappa shape index (κ3) is 4.65. The molecule has 5 rings (SSSR count). The molecule has 178 valence electrons. The average molecular weight is 469 g/mol. The third-order valence-corrected chi connectivity index (χ3v) is 7.16. The first-order valence-corrected chi connectivity index (χ1v) is 11.9. The number of likely N-dealkylation sites (tertiary alicyclic amines) is 1. The molecule has 7 heteroatoms. The van der Waals surface area contributed by atoms with E-state index in [9.17, 15) is 9.59 Å². The van der Waals surface area contributed by atoms with Crippen molar-refractivity contribution in [2.45, 2.75) is 38.6 Å². The molecule has 1 aromatic heterocycles. The Bertz CT molecular complexity index is 1290. The Balaban J connectivity index is 1.27. The predicted octanol–water partition coefficient (Wildman–Crippen LogP) is 4.41. The fraction of sp³-hybridized carbons (Fsp3) is 0.321. The molecule has 35 heavy (non-hydrogen) atoms. The molecule has 0 atom stereocenters. The van der Waals surface area contributed by atoms with Crippen LogP contribution in [0.4, 0.5) is 0 Å². The van der Waals surface area contributed by atoms with Gasteiger partial charge in [0.15, 0.2) is 0 Å². The lowest BCUT2D eigenvalue weighted by molar-refractivity contribution is -0.129. The van der Waals surface area contributed by atoms with Gasteiger partial charge < -0.3 is 15.4 Å². The number of rotatable bonds is 5. The highest BCUT2D eigenvalue weighted by Gasteiger charge is 2.47. The van der Waals surface area contributed by atoms with E-state index in [1.54, 1.807) is 13.1 Å². The molecule has 0 radical (unpaired) electrons. The van der Waals surface area contributed by atoms with E-state index in [1.165, 1.54) is 0 Å². The van der Waals surface area contributed by atoms with Crippen LogP contribution in [0.2, 0.25) is 0 Å². The van der Waals surface area contributed by atoms with E-state index >= 15 is 0 Å². The van der Waals surface area contributed by atoms with Gasteiger partial charge >= 0.3 is 0 Å². The molecule has 2 aromatic carbocycles. The van der Waals surface area contributed by atoms with Gasteiger partial charge in [0.2, 0.25) is 0 Å². The van der Waals surface area contributed by atoms with Crippen molar-refractivity contribution in [2.75, 3.05) is 13.1 Å². The number of piperidine rings is 1. The Labute approximate surface area is 204 Å². The second-order valence-corrected chi connectivity index (χ2v) is 9.40. The van der Waals surface area contributed by atoms with Crippen LogP contribution < -0.4 is 10.5 Å². The normalized spacial score (nSPS) is 16.8. The first kappa shape index (κ1) is 22.7. The van der Waals surface area contributed by atoms with Crippen molar-refractivity contribution in [3.8, 4) is 34.6 Å². The number of primary amides is 1. The molecule has 2 aliphatic rings. The number of carbonyl (C=O) groups excluding carboxylic acids is 2. The maximum Gasteiger partial charge on any atom is 0.298 e. The maximum atomic E-state index is 12.2. The van der Waals surface area contributed by atoms with Crippen molar-refractivity contribution in [3.63, 3.8) is 0 Å². The molecule has 1 saturated carbocycles. The van der Waals surface area contributed by atoms with Gasteiger partial charge in [-0.15, -0.1) is 0 Å². The SMILES string of the molecule is CC#CC(=O)N1CCC2(CC1)CC(n1cc(C(N)=O)c(-c3ccc(Oc4ccccc4)cc3)n1)C2. The average Bonchev–Trinajstić information content (AvgIpc) is 3.29. The van der Waals surface area contributed by atoms with Gasteiger partial charge in [0.1, 0.15) is 17.2 Å². The lowest BCUT2D eigenvalue weighted by Crippen LogP contribution is -2.49. The highest BCUT2D eigenvalue weighted by Crippen LogP contribution is 2.54. The maximum absolute atomic E-state index is 12.2. The van der Waals surface area contributed by atoms with Crippen molar-refractivity contribution < 1.29 is 14.3 Å². The molecule has 3 aromatic rings. The van der Waals surface area contributed by atoms with E-state index in [4.69, 9.17) is 15.6 Å². The monoisotopic (exact) mass is 468 g/mol. The Kier molecular flexibility index (Phi) is 6.04. The van der Waals surface area contributed by atoms with Gasteiger partial charge in [0, 0.05) is 24.8 Å². The van der Waals surface area contributed by atoms with Crippen LogP contribution in [0.1, 0.15) is 49.0 Å². The minimum Gasteiger partial charge on any atom is -0.457 e. The predicted molar refractivity (Wildman–Crippen MR) is 133 cm³/mol. The highest BCUT2D eigenvalue weighted by atomic mass is 16.5. The number of ether oxygens (including phenoxy) is 1. The molecule has 7 nitrogen and oxygen atoms in total. The van der Waals surface area contributed by atoms with E-state index in [0.29, 0.717) is 17.0 Å². The van der Waals surface area contributed by atoms with Crippen LogP contribution >= 0.6 is 0 Å². The first-order valence-electron chi connectivity index (χ1n) is 11.9. The van der Waals surface area contributed by atoms with Gasteiger partial charge in [-0.05, 0) is 80.3 Å². The molecule has 1 saturated heterocycles. The Hall–Kier alpha value is -4.05. The smallest absolute Gasteiger partial charge is 0.298 e. The number of nitrogens with two attached hydrogens (primary N) is 1. The zero-order chi connectivity index (χ0) is 24.4. The number of nitrogens with zero attached hydrogens (tertiary/aromatic N) is 3.